The van der Waals surface area contributed by atoms with Gasteiger partial charge in [-0.2, -0.15) is 5.26 Å². The maximum absolute atomic E-state index is 11.6. The molecule has 1 aromatic heterocycles. The molecule has 0 saturated carbocycles. The van der Waals surface area contributed by atoms with E-state index in [1.807, 2.05) is 6.07 Å². The first-order valence-electron chi connectivity index (χ1n) is 5.89. The third kappa shape index (κ3) is 2.55. The van der Waals surface area contributed by atoms with Crippen molar-refractivity contribution in [3.8, 4) is 17.3 Å². The fourth-order valence-corrected chi connectivity index (χ4v) is 1.80. The molecule has 2 rings (SSSR count). The second kappa shape index (κ2) is 5.79. The van der Waals surface area contributed by atoms with Crippen molar-refractivity contribution in [2.24, 2.45) is 5.73 Å². The Morgan fingerprint density at radius 1 is 1.38 bits per heavy atom. The Balaban J connectivity index is 2.65. The lowest BCUT2D eigenvalue weighted by atomic mass is 10.0. The summed E-state index contributed by atoms with van der Waals surface area (Å²) in [5, 5.41) is 12.9. The highest BCUT2D eigenvalue weighted by Gasteiger charge is 2.23. The molecule has 0 bridgehead atoms. The number of hydrogen-bond donors (Lipinski definition) is 2. The van der Waals surface area contributed by atoms with E-state index in [1.165, 1.54) is 0 Å². The van der Waals surface area contributed by atoms with Crippen molar-refractivity contribution in [2.45, 2.75) is 0 Å². The zero-order valence-electron chi connectivity index (χ0n) is 11.2. The molecule has 21 heavy (non-hydrogen) atoms. The molecule has 0 atom stereocenters. The molecule has 1 aromatic carbocycles. The minimum absolute atomic E-state index is 0.0805. The van der Waals surface area contributed by atoms with Gasteiger partial charge in [0.15, 0.2) is 5.57 Å². The number of anilines is 1. The largest absolute Gasteiger partial charge is 0.465 e. The van der Waals surface area contributed by atoms with Crippen LogP contribution in [0.1, 0.15) is 5.56 Å². The molecule has 0 amide bonds. The molecule has 0 aliphatic rings. The number of carbonyl (C=O) groups is 1. The highest BCUT2D eigenvalue weighted by Crippen LogP contribution is 2.32. The Bertz CT molecular complexity index is 741. The number of aromatic nitrogens is 1. The first-order chi connectivity index (χ1) is 10.1. The Morgan fingerprint density at radius 2 is 2.05 bits per heavy atom. The summed E-state index contributed by atoms with van der Waals surface area (Å²) < 4.78 is 9.45. The number of nitriles is 1. The second-order valence-corrected chi connectivity index (χ2v) is 4.03. The first-order valence-corrected chi connectivity index (χ1v) is 5.89. The average Bonchev–Trinajstić information content (AvgIpc) is 2.90. The molecule has 1 heterocycles. The molecule has 7 nitrogen and oxygen atoms in total. The molecule has 4 N–H and O–H groups in total. The lowest BCUT2D eigenvalue weighted by Gasteiger charge is -2.05. The van der Waals surface area contributed by atoms with Gasteiger partial charge in [0.25, 0.3) is 0 Å². The van der Waals surface area contributed by atoms with E-state index in [0.717, 1.165) is 7.11 Å². The van der Waals surface area contributed by atoms with Crippen molar-refractivity contribution < 1.29 is 14.1 Å². The summed E-state index contributed by atoms with van der Waals surface area (Å²) >= 11 is 0. The van der Waals surface area contributed by atoms with E-state index in [9.17, 15) is 4.79 Å². The zero-order chi connectivity index (χ0) is 15.4. The Kier molecular flexibility index (Phi) is 3.90. The predicted molar refractivity (Wildman–Crippen MR) is 75.1 cm³/mol. The monoisotopic (exact) mass is 284 g/mol. The third-order valence-electron chi connectivity index (χ3n) is 2.81. The van der Waals surface area contributed by atoms with Gasteiger partial charge in [-0.15, -0.1) is 0 Å². The molecule has 0 radical (unpaired) electrons. The highest BCUT2D eigenvalue weighted by atomic mass is 16.5. The summed E-state index contributed by atoms with van der Waals surface area (Å²) in [6.07, 6.45) is 0. The fraction of sp³-hybridized carbons (Fsp3) is 0.0714. The van der Waals surface area contributed by atoms with E-state index in [4.69, 9.17) is 21.3 Å². The van der Waals surface area contributed by atoms with E-state index in [2.05, 4.69) is 9.89 Å². The molecule has 0 fully saturated rings. The number of methoxy groups -OCH3 is 1. The average molecular weight is 284 g/mol. The topological polar surface area (TPSA) is 128 Å². The lowest BCUT2D eigenvalue weighted by molar-refractivity contribution is -0.135. The number of nitrogen functional groups attached to an aromatic ring is 1. The molecule has 106 valence electrons. The van der Waals surface area contributed by atoms with Gasteiger partial charge in [-0.25, -0.2) is 4.79 Å². The second-order valence-electron chi connectivity index (χ2n) is 4.03. The van der Waals surface area contributed by atoms with E-state index in [-0.39, 0.29) is 22.7 Å². The van der Waals surface area contributed by atoms with Crippen LogP contribution in [0.25, 0.3) is 17.0 Å². The van der Waals surface area contributed by atoms with Gasteiger partial charge >= 0.3 is 5.97 Å². The molecule has 0 unspecified atom stereocenters. The number of esters is 1. The Morgan fingerprint density at radius 3 is 2.62 bits per heavy atom. The van der Waals surface area contributed by atoms with Crippen molar-refractivity contribution in [3.63, 3.8) is 0 Å². The van der Waals surface area contributed by atoms with E-state index in [1.54, 1.807) is 30.3 Å². The van der Waals surface area contributed by atoms with Crippen LogP contribution >= 0.6 is 0 Å². The summed E-state index contributed by atoms with van der Waals surface area (Å²) in [4.78, 5) is 11.6. The smallest absolute Gasteiger partial charge is 0.350 e. The summed E-state index contributed by atoms with van der Waals surface area (Å²) in [6, 6.07) is 10.7. The predicted octanol–water partition coefficient (Wildman–Crippen LogP) is 1.29. The maximum atomic E-state index is 11.6. The van der Waals surface area contributed by atoms with Crippen LogP contribution in [-0.2, 0) is 9.53 Å². The van der Waals surface area contributed by atoms with Gasteiger partial charge in [-0.05, 0) is 0 Å². The van der Waals surface area contributed by atoms with E-state index < -0.39 is 5.97 Å². The highest BCUT2D eigenvalue weighted by molar-refractivity contribution is 6.03. The number of carbonyl (C=O) groups excluding carboxylic acids is 1. The zero-order valence-corrected chi connectivity index (χ0v) is 11.2. The minimum Gasteiger partial charge on any atom is -0.465 e. The van der Waals surface area contributed by atoms with Gasteiger partial charge in [0.2, 0.25) is 5.88 Å². The number of nitrogens with zero attached hydrogens (tertiary/aromatic N) is 2. The number of ether oxygens (including phenoxy) is 1. The normalized spacial score (nSPS) is 11.4. The number of hydrogen-bond acceptors (Lipinski definition) is 7. The number of benzene rings is 1. The summed E-state index contributed by atoms with van der Waals surface area (Å²) in [5.74, 6) is -0.933. The summed E-state index contributed by atoms with van der Waals surface area (Å²) in [5.41, 5.74) is 12.3. The Hall–Kier alpha value is -3.27. The molecule has 0 aliphatic carbocycles. The third-order valence-corrected chi connectivity index (χ3v) is 2.81. The number of rotatable bonds is 3. The molecular weight excluding hydrogens is 272 g/mol. The van der Waals surface area contributed by atoms with Crippen LogP contribution in [0.4, 0.5) is 5.88 Å². The van der Waals surface area contributed by atoms with Crippen LogP contribution in [-0.4, -0.2) is 18.2 Å². The van der Waals surface area contributed by atoms with Gasteiger partial charge < -0.3 is 20.7 Å². The van der Waals surface area contributed by atoms with Gasteiger partial charge in [0.1, 0.15) is 11.8 Å². The van der Waals surface area contributed by atoms with Crippen molar-refractivity contribution >= 4 is 17.6 Å². The summed E-state index contributed by atoms with van der Waals surface area (Å²) in [7, 11) is 1.15. The molecular formula is C14H12N4O3. The van der Waals surface area contributed by atoms with Gasteiger partial charge in [-0.1, -0.05) is 35.5 Å². The van der Waals surface area contributed by atoms with Crippen molar-refractivity contribution in [2.75, 3.05) is 12.8 Å². The van der Waals surface area contributed by atoms with Crippen LogP contribution < -0.4 is 11.5 Å². The molecule has 7 heteroatoms. The Labute approximate surface area is 120 Å². The van der Waals surface area contributed by atoms with Gasteiger partial charge in [0, 0.05) is 5.56 Å². The SMILES string of the molecule is COC(=O)C(C#N)=C(N)c1c(-c2ccccc2)noc1N. The molecule has 0 aliphatic heterocycles. The summed E-state index contributed by atoms with van der Waals surface area (Å²) in [6.45, 7) is 0. The van der Waals surface area contributed by atoms with Gasteiger partial charge in [0.05, 0.1) is 18.4 Å². The van der Waals surface area contributed by atoms with Crippen LogP contribution in [0, 0.1) is 11.3 Å². The van der Waals surface area contributed by atoms with Crippen molar-refractivity contribution in [1.29, 1.82) is 5.26 Å². The van der Waals surface area contributed by atoms with E-state index >= 15 is 0 Å². The molecule has 0 saturated heterocycles. The van der Waals surface area contributed by atoms with Crippen molar-refractivity contribution in [1.82, 2.24) is 5.16 Å². The van der Waals surface area contributed by atoms with E-state index in [0.29, 0.717) is 11.3 Å². The van der Waals surface area contributed by atoms with Crippen molar-refractivity contribution in [3.05, 3.63) is 41.5 Å². The standard InChI is InChI=1S/C14H12N4O3/c1-20-14(19)9(7-15)11(16)10-12(18-21-13(10)17)8-5-3-2-4-6-8/h2-6H,16-17H2,1H3. The molecule has 2 aromatic rings. The molecule has 0 spiro atoms. The van der Waals surface area contributed by atoms with Crippen LogP contribution in [0.15, 0.2) is 40.4 Å². The van der Waals surface area contributed by atoms with Gasteiger partial charge in [-0.3, -0.25) is 0 Å². The minimum atomic E-state index is -0.852. The fourth-order valence-electron chi connectivity index (χ4n) is 1.80. The lowest BCUT2D eigenvalue weighted by Crippen LogP contribution is -2.11. The first kappa shape index (κ1) is 14.1. The van der Waals surface area contributed by atoms with Crippen LogP contribution in [0.2, 0.25) is 0 Å². The number of nitrogens with two attached hydrogens (primary N) is 2. The van der Waals surface area contributed by atoms with Crippen LogP contribution in [0.5, 0.6) is 0 Å². The quantitative estimate of drug-likeness (QED) is 0.493. The van der Waals surface area contributed by atoms with Crippen LogP contribution in [0.3, 0.4) is 0 Å². The maximum Gasteiger partial charge on any atom is 0.350 e.